The Balaban J connectivity index is 0.827. The molecule has 13 rings (SSSR count). The molecule has 72 heavy (non-hydrogen) atoms. The molecule has 0 unspecified atom stereocenters. The molecule has 0 aliphatic heterocycles. The van der Waals surface area contributed by atoms with E-state index in [4.69, 9.17) is 0 Å². The van der Waals surface area contributed by atoms with Gasteiger partial charge < -0.3 is 4.90 Å². The number of benzene rings is 12. The van der Waals surface area contributed by atoms with Crippen LogP contribution in [-0.2, 0) is 5.41 Å². The molecule has 2 heteroatoms. The lowest BCUT2D eigenvalue weighted by Crippen LogP contribution is -2.16. The molecule has 338 valence electrons. The van der Waals surface area contributed by atoms with Gasteiger partial charge in [0, 0.05) is 22.5 Å². The number of hydrogen-bond acceptors (Lipinski definition) is 2. The molecule has 0 spiro atoms. The van der Waals surface area contributed by atoms with Crippen LogP contribution in [0.2, 0.25) is 0 Å². The van der Waals surface area contributed by atoms with Crippen LogP contribution >= 0.6 is 0 Å². The first-order valence-electron chi connectivity index (χ1n) is 24.8. The molecule has 0 saturated carbocycles. The van der Waals surface area contributed by atoms with Crippen molar-refractivity contribution < 1.29 is 0 Å². The monoisotopic (exact) mass is 916 g/mol. The van der Waals surface area contributed by atoms with Crippen molar-refractivity contribution in [3.05, 3.63) is 270 Å². The van der Waals surface area contributed by atoms with E-state index in [1.807, 2.05) is 24.3 Å². The third-order valence-electron chi connectivity index (χ3n) is 15.1. The summed E-state index contributed by atoms with van der Waals surface area (Å²) < 4.78 is 0. The summed E-state index contributed by atoms with van der Waals surface area (Å²) in [5.74, 6) is 0. The molecule has 1 aliphatic carbocycles. The smallest absolute Gasteiger partial charge is 0.0991 e. The van der Waals surface area contributed by atoms with Crippen LogP contribution in [0, 0.1) is 11.3 Å². The Morgan fingerprint density at radius 3 is 1.49 bits per heavy atom. The van der Waals surface area contributed by atoms with Crippen molar-refractivity contribution in [3.63, 3.8) is 0 Å². The van der Waals surface area contributed by atoms with Gasteiger partial charge >= 0.3 is 0 Å². The third-order valence-corrected chi connectivity index (χ3v) is 15.1. The Bertz CT molecular complexity index is 4110. The molecule has 2 nitrogen and oxygen atoms in total. The predicted molar refractivity (Wildman–Crippen MR) is 305 cm³/mol. The lowest BCUT2D eigenvalue weighted by molar-refractivity contribution is 0.660. The molecule has 0 amide bonds. The van der Waals surface area contributed by atoms with Crippen LogP contribution in [0.15, 0.2) is 243 Å². The van der Waals surface area contributed by atoms with Crippen LogP contribution in [0.25, 0.3) is 99.7 Å². The summed E-state index contributed by atoms with van der Waals surface area (Å²) in [7, 11) is 0. The van der Waals surface area contributed by atoms with Gasteiger partial charge in [-0.15, -0.1) is 0 Å². The van der Waals surface area contributed by atoms with Crippen molar-refractivity contribution in [1.82, 2.24) is 0 Å². The number of fused-ring (bicyclic) bond motifs is 7. The highest BCUT2D eigenvalue weighted by molar-refractivity contribution is 6.24. The highest BCUT2D eigenvalue weighted by Crippen LogP contribution is 2.51. The fourth-order valence-corrected chi connectivity index (χ4v) is 11.5. The topological polar surface area (TPSA) is 27.0 Å². The number of anilines is 3. The standard InChI is InChI=1S/C70H48N2/c1-70(2)66-22-12-11-17-59(66)60-40-39-55(44-67(60)70)72(54-37-29-48(45-71)30-38-54)53-35-27-47(28-36-53)24-23-46-25-31-50(32-26-46)68-61-18-7-9-20-63(61)69(64-21-10-8-19-62(64)68)65-42-41-56(57-15-5-6-16-58(57)65)52-34-33-49-13-3-4-14-51(49)43-52/h3-44H,1-2H3/b24-23+. The number of hydrogen-bond donors (Lipinski definition) is 0. The Hall–Kier alpha value is -9.29. The van der Waals surface area contributed by atoms with E-state index < -0.39 is 0 Å². The molecule has 0 atom stereocenters. The number of nitrogens with zero attached hydrogens (tertiary/aromatic N) is 2. The van der Waals surface area contributed by atoms with E-state index in [-0.39, 0.29) is 5.41 Å². The van der Waals surface area contributed by atoms with Crippen molar-refractivity contribution in [3.8, 4) is 50.6 Å². The molecule has 12 aromatic rings. The zero-order valence-corrected chi connectivity index (χ0v) is 40.1. The zero-order chi connectivity index (χ0) is 48.3. The first-order chi connectivity index (χ1) is 35.4. The predicted octanol–water partition coefficient (Wildman–Crippen LogP) is 19.1. The van der Waals surface area contributed by atoms with E-state index in [0.29, 0.717) is 5.56 Å². The van der Waals surface area contributed by atoms with Gasteiger partial charge in [0.2, 0.25) is 0 Å². The van der Waals surface area contributed by atoms with Gasteiger partial charge in [0.05, 0.1) is 11.6 Å². The highest BCUT2D eigenvalue weighted by Gasteiger charge is 2.35. The Labute approximate surface area is 420 Å². The van der Waals surface area contributed by atoms with Gasteiger partial charge in [0.25, 0.3) is 0 Å². The van der Waals surface area contributed by atoms with Gasteiger partial charge in [-0.25, -0.2) is 0 Å². The molecular weight excluding hydrogens is 869 g/mol. The quantitative estimate of drug-likeness (QED) is 0.112. The Kier molecular flexibility index (Phi) is 10.3. The third kappa shape index (κ3) is 7.17. The zero-order valence-electron chi connectivity index (χ0n) is 40.1. The summed E-state index contributed by atoms with van der Waals surface area (Å²) in [6.45, 7) is 4.64. The molecule has 0 aromatic heterocycles. The van der Waals surface area contributed by atoms with Crippen LogP contribution in [-0.4, -0.2) is 0 Å². The second-order valence-corrected chi connectivity index (χ2v) is 19.6. The summed E-state index contributed by atoms with van der Waals surface area (Å²) in [5.41, 5.74) is 18.6. The average molecular weight is 917 g/mol. The van der Waals surface area contributed by atoms with E-state index in [1.165, 1.54) is 98.7 Å². The largest absolute Gasteiger partial charge is 0.310 e. The average Bonchev–Trinajstić information content (AvgIpc) is 3.67. The lowest BCUT2D eigenvalue weighted by atomic mass is 9.82. The van der Waals surface area contributed by atoms with Crippen molar-refractivity contribution in [2.75, 3.05) is 4.90 Å². The van der Waals surface area contributed by atoms with E-state index in [1.54, 1.807) is 0 Å². The fraction of sp³-hybridized carbons (Fsp3) is 0.0429. The second-order valence-electron chi connectivity index (χ2n) is 19.6. The molecule has 12 aromatic carbocycles. The summed E-state index contributed by atoms with van der Waals surface area (Å²) in [6, 6.07) is 90.3. The maximum absolute atomic E-state index is 9.61. The van der Waals surface area contributed by atoms with Gasteiger partial charge in [-0.2, -0.15) is 5.26 Å². The maximum atomic E-state index is 9.61. The number of nitriles is 1. The minimum atomic E-state index is -0.124. The van der Waals surface area contributed by atoms with Crippen molar-refractivity contribution in [1.29, 1.82) is 5.26 Å². The van der Waals surface area contributed by atoms with Gasteiger partial charge in [-0.05, 0) is 164 Å². The Morgan fingerprint density at radius 1 is 0.361 bits per heavy atom. The van der Waals surface area contributed by atoms with E-state index in [0.717, 1.165) is 28.2 Å². The summed E-state index contributed by atoms with van der Waals surface area (Å²) in [6.07, 6.45) is 4.39. The molecule has 0 bridgehead atoms. The van der Waals surface area contributed by atoms with Crippen LogP contribution in [0.5, 0.6) is 0 Å². The van der Waals surface area contributed by atoms with Gasteiger partial charge in [-0.3, -0.25) is 0 Å². The maximum Gasteiger partial charge on any atom is 0.0991 e. The molecule has 0 radical (unpaired) electrons. The minimum absolute atomic E-state index is 0.124. The lowest BCUT2D eigenvalue weighted by Gasteiger charge is -2.28. The van der Waals surface area contributed by atoms with E-state index in [2.05, 4.69) is 255 Å². The highest BCUT2D eigenvalue weighted by atomic mass is 15.1. The van der Waals surface area contributed by atoms with Crippen molar-refractivity contribution >= 4 is 72.3 Å². The summed E-state index contributed by atoms with van der Waals surface area (Å²) in [4.78, 5) is 2.29. The van der Waals surface area contributed by atoms with Crippen molar-refractivity contribution in [2.45, 2.75) is 19.3 Å². The van der Waals surface area contributed by atoms with Crippen LogP contribution in [0.3, 0.4) is 0 Å². The van der Waals surface area contributed by atoms with Crippen LogP contribution < -0.4 is 4.90 Å². The van der Waals surface area contributed by atoms with Crippen LogP contribution in [0.4, 0.5) is 17.1 Å². The SMILES string of the molecule is CC1(C)c2ccccc2-c2ccc(N(c3ccc(C#N)cc3)c3ccc(/C=C/c4ccc(-c5c6ccccc6c(-c6ccc(-c7ccc8ccccc8c7)c7ccccc67)c6ccccc56)cc4)cc3)cc21. The summed E-state index contributed by atoms with van der Waals surface area (Å²) in [5, 5.41) is 19.6. The molecular formula is C70H48N2. The van der Waals surface area contributed by atoms with E-state index >= 15 is 0 Å². The fourth-order valence-electron chi connectivity index (χ4n) is 11.5. The first-order valence-corrected chi connectivity index (χ1v) is 24.8. The van der Waals surface area contributed by atoms with Gasteiger partial charge in [0.1, 0.15) is 0 Å². The molecule has 0 N–H and O–H groups in total. The summed E-state index contributed by atoms with van der Waals surface area (Å²) >= 11 is 0. The van der Waals surface area contributed by atoms with Gasteiger partial charge in [-0.1, -0.05) is 214 Å². The molecule has 0 fully saturated rings. The molecule has 0 saturated heterocycles. The second kappa shape index (κ2) is 17.3. The first kappa shape index (κ1) is 42.8. The Morgan fingerprint density at radius 2 is 0.833 bits per heavy atom. The minimum Gasteiger partial charge on any atom is -0.310 e. The van der Waals surface area contributed by atoms with E-state index in [9.17, 15) is 5.26 Å². The molecule has 0 heterocycles. The molecule has 1 aliphatic rings. The number of rotatable bonds is 8. The van der Waals surface area contributed by atoms with Crippen molar-refractivity contribution in [2.24, 2.45) is 0 Å². The normalized spacial score (nSPS) is 12.6. The van der Waals surface area contributed by atoms with Gasteiger partial charge in [0.15, 0.2) is 0 Å². The van der Waals surface area contributed by atoms with Crippen LogP contribution in [0.1, 0.15) is 41.7 Å².